The molecule has 0 aliphatic heterocycles. The van der Waals surface area contributed by atoms with Gasteiger partial charge in [0.2, 0.25) is 5.78 Å². The Morgan fingerprint density at radius 1 is 1.06 bits per heavy atom. The highest BCUT2D eigenvalue weighted by Crippen LogP contribution is 2.18. The molecule has 0 aromatic heterocycles. The SMILES string of the molecule is O=C(CC(=O)C(F)(F)F)Cc1ccccc1. The molecule has 0 saturated heterocycles. The molecular weight excluding hydrogens is 221 g/mol. The second-order valence-electron chi connectivity index (χ2n) is 3.30. The Hall–Kier alpha value is -1.65. The lowest BCUT2D eigenvalue weighted by molar-refractivity contribution is -0.171. The first-order valence-electron chi connectivity index (χ1n) is 4.55. The van der Waals surface area contributed by atoms with E-state index >= 15 is 0 Å². The average molecular weight is 230 g/mol. The van der Waals surface area contributed by atoms with E-state index in [2.05, 4.69) is 0 Å². The number of alkyl halides is 3. The van der Waals surface area contributed by atoms with Crippen LogP contribution >= 0.6 is 0 Å². The predicted octanol–water partition coefficient (Wildman–Crippen LogP) is 2.32. The monoisotopic (exact) mass is 230 g/mol. The first-order valence-corrected chi connectivity index (χ1v) is 4.55. The molecule has 0 aliphatic rings. The molecule has 1 rings (SSSR count). The Morgan fingerprint density at radius 2 is 1.62 bits per heavy atom. The number of Topliss-reactive ketones (excluding diaryl/α,β-unsaturated/α-hetero) is 2. The summed E-state index contributed by atoms with van der Waals surface area (Å²) in [7, 11) is 0. The quantitative estimate of drug-likeness (QED) is 0.744. The van der Waals surface area contributed by atoms with Crippen molar-refractivity contribution in [2.24, 2.45) is 0 Å². The molecule has 0 spiro atoms. The molecule has 5 heteroatoms. The summed E-state index contributed by atoms with van der Waals surface area (Å²) in [5, 5.41) is 0. The molecule has 2 nitrogen and oxygen atoms in total. The highest BCUT2D eigenvalue weighted by atomic mass is 19.4. The van der Waals surface area contributed by atoms with Crippen LogP contribution in [-0.4, -0.2) is 17.7 Å². The van der Waals surface area contributed by atoms with Crippen LogP contribution in [0.25, 0.3) is 0 Å². The second-order valence-corrected chi connectivity index (χ2v) is 3.30. The zero-order valence-electron chi connectivity index (χ0n) is 8.25. The van der Waals surface area contributed by atoms with Gasteiger partial charge in [0.15, 0.2) is 0 Å². The van der Waals surface area contributed by atoms with Crippen molar-refractivity contribution in [3.63, 3.8) is 0 Å². The first kappa shape index (κ1) is 12.4. The summed E-state index contributed by atoms with van der Waals surface area (Å²) in [6, 6.07) is 8.32. The second kappa shape index (κ2) is 4.92. The van der Waals surface area contributed by atoms with E-state index in [1.807, 2.05) is 0 Å². The summed E-state index contributed by atoms with van der Waals surface area (Å²) in [5.74, 6) is -2.72. The van der Waals surface area contributed by atoms with Gasteiger partial charge in [-0.2, -0.15) is 13.2 Å². The Labute approximate surface area is 90.1 Å². The summed E-state index contributed by atoms with van der Waals surface area (Å²) >= 11 is 0. The number of halogens is 3. The molecule has 0 unspecified atom stereocenters. The highest BCUT2D eigenvalue weighted by molar-refractivity contribution is 6.02. The van der Waals surface area contributed by atoms with Crippen molar-refractivity contribution >= 4 is 11.6 Å². The van der Waals surface area contributed by atoms with E-state index in [-0.39, 0.29) is 6.42 Å². The molecule has 0 atom stereocenters. The summed E-state index contributed by atoms with van der Waals surface area (Å²) < 4.78 is 35.5. The van der Waals surface area contributed by atoms with Gasteiger partial charge in [0.05, 0.1) is 6.42 Å². The molecule has 0 amide bonds. The number of hydrogen-bond acceptors (Lipinski definition) is 2. The van der Waals surface area contributed by atoms with Gasteiger partial charge >= 0.3 is 6.18 Å². The lowest BCUT2D eigenvalue weighted by Crippen LogP contribution is -2.25. The topological polar surface area (TPSA) is 34.1 Å². The normalized spacial score (nSPS) is 11.2. The number of benzene rings is 1. The Kier molecular flexibility index (Phi) is 3.82. The van der Waals surface area contributed by atoms with Crippen molar-refractivity contribution in [3.8, 4) is 0 Å². The number of ketones is 2. The van der Waals surface area contributed by atoms with Gasteiger partial charge in [-0.1, -0.05) is 30.3 Å². The molecule has 0 radical (unpaired) electrons. The fourth-order valence-electron chi connectivity index (χ4n) is 1.17. The van der Waals surface area contributed by atoms with Crippen molar-refractivity contribution < 1.29 is 22.8 Å². The Balaban J connectivity index is 2.52. The van der Waals surface area contributed by atoms with E-state index in [0.717, 1.165) is 0 Å². The third kappa shape index (κ3) is 3.84. The molecule has 0 fully saturated rings. The Morgan fingerprint density at radius 3 is 2.12 bits per heavy atom. The third-order valence-corrected chi connectivity index (χ3v) is 1.92. The van der Waals surface area contributed by atoms with Crippen LogP contribution < -0.4 is 0 Å². The minimum Gasteiger partial charge on any atom is -0.299 e. The minimum atomic E-state index is -4.92. The lowest BCUT2D eigenvalue weighted by atomic mass is 10.1. The number of rotatable bonds is 4. The van der Waals surface area contributed by atoms with Gasteiger partial charge in [-0.3, -0.25) is 9.59 Å². The maximum Gasteiger partial charge on any atom is 0.450 e. The van der Waals surface area contributed by atoms with Crippen molar-refractivity contribution in [1.29, 1.82) is 0 Å². The molecule has 0 aliphatic carbocycles. The summed E-state index contributed by atoms with van der Waals surface area (Å²) in [6.07, 6.45) is -6.16. The van der Waals surface area contributed by atoms with Crippen LogP contribution in [0, 0.1) is 0 Å². The number of carbonyl (C=O) groups is 2. The maximum absolute atomic E-state index is 11.8. The maximum atomic E-state index is 11.8. The van der Waals surface area contributed by atoms with Gasteiger partial charge in [0, 0.05) is 6.42 Å². The van der Waals surface area contributed by atoms with Gasteiger partial charge in [-0.15, -0.1) is 0 Å². The van der Waals surface area contributed by atoms with Crippen LogP contribution in [0.2, 0.25) is 0 Å². The van der Waals surface area contributed by atoms with E-state index in [1.54, 1.807) is 30.3 Å². The van der Waals surface area contributed by atoms with Crippen LogP contribution in [0.15, 0.2) is 30.3 Å². The van der Waals surface area contributed by atoms with Crippen molar-refractivity contribution in [3.05, 3.63) is 35.9 Å². The summed E-state index contributed by atoms with van der Waals surface area (Å²) in [6.45, 7) is 0. The standard InChI is InChI=1S/C11H9F3O2/c12-11(13,14)10(16)7-9(15)6-8-4-2-1-3-5-8/h1-5H,6-7H2. The third-order valence-electron chi connectivity index (χ3n) is 1.92. The van der Waals surface area contributed by atoms with E-state index in [9.17, 15) is 22.8 Å². The van der Waals surface area contributed by atoms with Crippen LogP contribution in [-0.2, 0) is 16.0 Å². The zero-order chi connectivity index (χ0) is 12.2. The highest BCUT2D eigenvalue weighted by Gasteiger charge is 2.38. The molecular formula is C11H9F3O2. The molecule has 1 aromatic rings. The van der Waals surface area contributed by atoms with Crippen molar-refractivity contribution in [1.82, 2.24) is 0 Å². The van der Waals surface area contributed by atoms with E-state index in [4.69, 9.17) is 0 Å². The van der Waals surface area contributed by atoms with E-state index < -0.39 is 24.2 Å². The van der Waals surface area contributed by atoms with Crippen LogP contribution in [0.5, 0.6) is 0 Å². The van der Waals surface area contributed by atoms with Gasteiger partial charge < -0.3 is 0 Å². The zero-order valence-corrected chi connectivity index (χ0v) is 8.25. The van der Waals surface area contributed by atoms with Crippen LogP contribution in [0.4, 0.5) is 13.2 Å². The molecule has 16 heavy (non-hydrogen) atoms. The summed E-state index contributed by atoms with van der Waals surface area (Å²) in [5.41, 5.74) is 0.600. The summed E-state index contributed by atoms with van der Waals surface area (Å²) in [4.78, 5) is 21.7. The van der Waals surface area contributed by atoms with E-state index in [0.29, 0.717) is 5.56 Å². The number of carbonyl (C=O) groups excluding carboxylic acids is 2. The molecule has 0 heterocycles. The van der Waals surface area contributed by atoms with Gasteiger partial charge in [0.1, 0.15) is 5.78 Å². The van der Waals surface area contributed by atoms with Gasteiger partial charge in [-0.25, -0.2) is 0 Å². The molecule has 0 saturated carbocycles. The van der Waals surface area contributed by atoms with E-state index in [1.165, 1.54) is 0 Å². The van der Waals surface area contributed by atoms with Crippen LogP contribution in [0.3, 0.4) is 0 Å². The largest absolute Gasteiger partial charge is 0.450 e. The number of hydrogen-bond donors (Lipinski definition) is 0. The fourth-order valence-corrected chi connectivity index (χ4v) is 1.17. The predicted molar refractivity (Wildman–Crippen MR) is 50.8 cm³/mol. The smallest absolute Gasteiger partial charge is 0.299 e. The van der Waals surface area contributed by atoms with Gasteiger partial charge in [0.25, 0.3) is 0 Å². The molecule has 0 bridgehead atoms. The molecule has 86 valence electrons. The molecule has 0 N–H and O–H groups in total. The molecule has 1 aromatic carbocycles. The van der Waals surface area contributed by atoms with Gasteiger partial charge in [-0.05, 0) is 5.56 Å². The van der Waals surface area contributed by atoms with Crippen LogP contribution in [0.1, 0.15) is 12.0 Å². The van der Waals surface area contributed by atoms with Crippen molar-refractivity contribution in [2.45, 2.75) is 19.0 Å². The average Bonchev–Trinajstić information content (AvgIpc) is 2.17. The Bertz CT molecular complexity index is 382. The fraction of sp³-hybridized carbons (Fsp3) is 0.273. The lowest BCUT2D eigenvalue weighted by Gasteiger charge is -2.04. The van der Waals surface area contributed by atoms with Crippen molar-refractivity contribution in [2.75, 3.05) is 0 Å². The first-order chi connectivity index (χ1) is 7.39. The minimum absolute atomic E-state index is 0.150.